The van der Waals surface area contributed by atoms with Crippen molar-refractivity contribution in [2.75, 3.05) is 13.2 Å². The third-order valence-corrected chi connectivity index (χ3v) is 2.48. The standard InChI is InChI=1S/C11H21NO2/c1-9(2)12-8-10(13)5-6-11-4-3-7-14-11/h9,11-12H,3-8H2,1-2H3. The predicted octanol–water partition coefficient (Wildman–Crippen LogP) is 1.51. The molecule has 0 aromatic heterocycles. The Kier molecular flexibility index (Phi) is 5.12. The normalized spacial score (nSPS) is 21.8. The van der Waals surface area contributed by atoms with Gasteiger partial charge in [-0.25, -0.2) is 0 Å². The molecule has 1 N–H and O–H groups in total. The molecule has 14 heavy (non-hydrogen) atoms. The highest BCUT2D eigenvalue weighted by Crippen LogP contribution is 2.16. The van der Waals surface area contributed by atoms with Crippen LogP contribution in [0.2, 0.25) is 0 Å². The summed E-state index contributed by atoms with van der Waals surface area (Å²) in [5.74, 6) is 0.300. The number of Topliss-reactive ketones (excluding diaryl/α,β-unsaturated/α-hetero) is 1. The van der Waals surface area contributed by atoms with Gasteiger partial charge in [-0.3, -0.25) is 4.79 Å². The van der Waals surface area contributed by atoms with Gasteiger partial charge < -0.3 is 10.1 Å². The van der Waals surface area contributed by atoms with Gasteiger partial charge in [-0.15, -0.1) is 0 Å². The van der Waals surface area contributed by atoms with E-state index in [2.05, 4.69) is 5.32 Å². The molecule has 0 bridgehead atoms. The lowest BCUT2D eigenvalue weighted by atomic mass is 10.1. The Balaban J connectivity index is 2.02. The van der Waals surface area contributed by atoms with Gasteiger partial charge in [-0.1, -0.05) is 13.8 Å². The first-order valence-corrected chi connectivity index (χ1v) is 5.55. The largest absolute Gasteiger partial charge is 0.378 e. The predicted molar refractivity (Wildman–Crippen MR) is 56.4 cm³/mol. The second kappa shape index (κ2) is 6.14. The van der Waals surface area contributed by atoms with E-state index in [0.29, 0.717) is 30.9 Å². The molecule has 1 aliphatic heterocycles. The summed E-state index contributed by atoms with van der Waals surface area (Å²) < 4.78 is 5.46. The van der Waals surface area contributed by atoms with Crippen molar-refractivity contribution in [1.82, 2.24) is 5.32 Å². The summed E-state index contributed by atoms with van der Waals surface area (Å²) in [6, 6.07) is 0.390. The summed E-state index contributed by atoms with van der Waals surface area (Å²) in [5.41, 5.74) is 0. The molecule has 1 heterocycles. The molecule has 1 aliphatic rings. The third-order valence-electron chi connectivity index (χ3n) is 2.48. The Morgan fingerprint density at radius 1 is 1.57 bits per heavy atom. The number of nitrogens with one attached hydrogen (secondary N) is 1. The number of ketones is 1. The van der Waals surface area contributed by atoms with Crippen LogP contribution in [0.1, 0.15) is 39.5 Å². The van der Waals surface area contributed by atoms with Crippen molar-refractivity contribution in [3.63, 3.8) is 0 Å². The number of hydrogen-bond acceptors (Lipinski definition) is 3. The van der Waals surface area contributed by atoms with Crippen molar-refractivity contribution in [2.45, 2.75) is 51.7 Å². The molecule has 0 spiro atoms. The molecule has 1 fully saturated rings. The minimum atomic E-state index is 0.300. The van der Waals surface area contributed by atoms with Crippen LogP contribution < -0.4 is 5.32 Å². The summed E-state index contributed by atoms with van der Waals surface area (Å²) in [4.78, 5) is 11.4. The zero-order chi connectivity index (χ0) is 10.4. The number of rotatable bonds is 6. The highest BCUT2D eigenvalue weighted by molar-refractivity contribution is 5.80. The van der Waals surface area contributed by atoms with Crippen LogP contribution >= 0.6 is 0 Å². The smallest absolute Gasteiger partial charge is 0.146 e. The van der Waals surface area contributed by atoms with Gasteiger partial charge in [-0.2, -0.15) is 0 Å². The summed E-state index contributed by atoms with van der Waals surface area (Å²) >= 11 is 0. The number of hydrogen-bond donors (Lipinski definition) is 1. The van der Waals surface area contributed by atoms with Crippen molar-refractivity contribution >= 4 is 5.78 Å². The van der Waals surface area contributed by atoms with Crippen LogP contribution in [-0.2, 0) is 9.53 Å². The number of ether oxygens (including phenoxy) is 1. The van der Waals surface area contributed by atoms with Crippen LogP contribution in [0.3, 0.4) is 0 Å². The number of carbonyl (C=O) groups is 1. The zero-order valence-electron chi connectivity index (χ0n) is 9.21. The fourth-order valence-electron chi connectivity index (χ4n) is 1.60. The molecule has 0 aromatic rings. The molecular formula is C11H21NO2. The van der Waals surface area contributed by atoms with E-state index in [9.17, 15) is 4.79 Å². The molecule has 0 amide bonds. The molecule has 0 radical (unpaired) electrons. The van der Waals surface area contributed by atoms with E-state index >= 15 is 0 Å². The summed E-state index contributed by atoms with van der Waals surface area (Å²) in [6.07, 6.45) is 4.19. The van der Waals surface area contributed by atoms with Gasteiger partial charge in [0.05, 0.1) is 12.6 Å². The van der Waals surface area contributed by atoms with Crippen molar-refractivity contribution < 1.29 is 9.53 Å². The fourth-order valence-corrected chi connectivity index (χ4v) is 1.60. The average molecular weight is 199 g/mol. The van der Waals surface area contributed by atoms with Crippen LogP contribution in [0.5, 0.6) is 0 Å². The summed E-state index contributed by atoms with van der Waals surface area (Å²) in [6.45, 7) is 5.48. The van der Waals surface area contributed by atoms with Crippen molar-refractivity contribution in [3.05, 3.63) is 0 Å². The Morgan fingerprint density at radius 2 is 2.36 bits per heavy atom. The lowest BCUT2D eigenvalue weighted by molar-refractivity contribution is -0.118. The lowest BCUT2D eigenvalue weighted by Gasteiger charge is -2.09. The van der Waals surface area contributed by atoms with Gasteiger partial charge in [-0.05, 0) is 19.3 Å². The second-order valence-corrected chi connectivity index (χ2v) is 4.25. The Hall–Kier alpha value is -0.410. The molecule has 1 unspecified atom stereocenters. The highest BCUT2D eigenvalue weighted by atomic mass is 16.5. The first kappa shape index (κ1) is 11.7. The van der Waals surface area contributed by atoms with Gasteiger partial charge in [0.1, 0.15) is 5.78 Å². The molecule has 3 heteroatoms. The van der Waals surface area contributed by atoms with E-state index in [4.69, 9.17) is 4.74 Å². The molecule has 82 valence electrons. The van der Waals surface area contributed by atoms with E-state index in [1.807, 2.05) is 13.8 Å². The first-order chi connectivity index (χ1) is 6.68. The monoisotopic (exact) mass is 199 g/mol. The SMILES string of the molecule is CC(C)NCC(=O)CCC1CCCO1. The van der Waals surface area contributed by atoms with E-state index in [1.54, 1.807) is 0 Å². The van der Waals surface area contributed by atoms with Crippen LogP contribution in [0, 0.1) is 0 Å². The highest BCUT2D eigenvalue weighted by Gasteiger charge is 2.16. The maximum atomic E-state index is 11.4. The van der Waals surface area contributed by atoms with Crippen LogP contribution in [0.4, 0.5) is 0 Å². The Morgan fingerprint density at radius 3 is 2.93 bits per heavy atom. The number of carbonyl (C=O) groups excluding carboxylic acids is 1. The lowest BCUT2D eigenvalue weighted by Crippen LogP contribution is -2.29. The van der Waals surface area contributed by atoms with Crippen molar-refractivity contribution in [1.29, 1.82) is 0 Å². The first-order valence-electron chi connectivity index (χ1n) is 5.55. The quantitative estimate of drug-likeness (QED) is 0.704. The third kappa shape index (κ3) is 4.72. The van der Waals surface area contributed by atoms with E-state index in [-0.39, 0.29) is 0 Å². The molecule has 0 saturated carbocycles. The Labute approximate surface area is 86.2 Å². The topological polar surface area (TPSA) is 38.3 Å². The molecular weight excluding hydrogens is 178 g/mol. The zero-order valence-corrected chi connectivity index (χ0v) is 9.21. The van der Waals surface area contributed by atoms with Crippen molar-refractivity contribution in [3.8, 4) is 0 Å². The van der Waals surface area contributed by atoms with Crippen LogP contribution in [0.15, 0.2) is 0 Å². The van der Waals surface area contributed by atoms with Gasteiger partial charge >= 0.3 is 0 Å². The van der Waals surface area contributed by atoms with Gasteiger partial charge in [0.2, 0.25) is 0 Å². The molecule has 0 aromatic carbocycles. The van der Waals surface area contributed by atoms with Gasteiger partial charge in [0.15, 0.2) is 0 Å². The van der Waals surface area contributed by atoms with Gasteiger partial charge in [0, 0.05) is 19.1 Å². The maximum absolute atomic E-state index is 11.4. The molecule has 1 saturated heterocycles. The molecule has 1 rings (SSSR count). The Bertz CT molecular complexity index is 174. The minimum absolute atomic E-state index is 0.300. The summed E-state index contributed by atoms with van der Waals surface area (Å²) in [5, 5.41) is 3.13. The fraction of sp³-hybridized carbons (Fsp3) is 0.909. The van der Waals surface area contributed by atoms with Crippen LogP contribution in [0.25, 0.3) is 0 Å². The minimum Gasteiger partial charge on any atom is -0.378 e. The second-order valence-electron chi connectivity index (χ2n) is 4.25. The molecule has 3 nitrogen and oxygen atoms in total. The van der Waals surface area contributed by atoms with Crippen molar-refractivity contribution in [2.24, 2.45) is 0 Å². The van der Waals surface area contributed by atoms with E-state index in [0.717, 1.165) is 25.9 Å². The van der Waals surface area contributed by atoms with E-state index in [1.165, 1.54) is 0 Å². The maximum Gasteiger partial charge on any atom is 0.146 e. The van der Waals surface area contributed by atoms with E-state index < -0.39 is 0 Å². The molecule has 1 atom stereocenters. The molecule has 0 aliphatic carbocycles. The average Bonchev–Trinajstić information content (AvgIpc) is 2.63. The van der Waals surface area contributed by atoms with Gasteiger partial charge in [0.25, 0.3) is 0 Å². The summed E-state index contributed by atoms with van der Waals surface area (Å²) in [7, 11) is 0. The van der Waals surface area contributed by atoms with Crippen LogP contribution in [-0.4, -0.2) is 31.1 Å².